The third kappa shape index (κ3) is 4.72. The van der Waals surface area contributed by atoms with Gasteiger partial charge in [-0.05, 0) is 29.8 Å². The molecule has 0 radical (unpaired) electrons. The van der Waals surface area contributed by atoms with E-state index < -0.39 is 9.84 Å². The van der Waals surface area contributed by atoms with E-state index in [-0.39, 0.29) is 17.3 Å². The van der Waals surface area contributed by atoms with Crippen LogP contribution in [0.1, 0.15) is 5.56 Å². The number of carbonyl (C=O) groups excluding carboxylic acids is 1. The zero-order valence-electron chi connectivity index (χ0n) is 11.7. The number of rotatable bonds is 6. The monoisotopic (exact) mass is 304 g/mol. The number of ether oxygens (including phenoxy) is 1. The van der Waals surface area contributed by atoms with Gasteiger partial charge in [-0.3, -0.25) is 4.79 Å². The normalized spacial score (nSPS) is 11.1. The van der Waals surface area contributed by atoms with E-state index in [4.69, 9.17) is 4.74 Å². The minimum absolute atomic E-state index is 0.0339. The summed E-state index contributed by atoms with van der Waals surface area (Å²) in [4.78, 5) is 12.0. The Hall–Kier alpha value is -2.14. The highest BCUT2D eigenvalue weighted by molar-refractivity contribution is 7.90. The Kier molecular flexibility index (Phi) is 4.75. The molecule has 0 atom stereocenters. The molecular formula is C16H16O4S. The van der Waals surface area contributed by atoms with Crippen molar-refractivity contribution in [2.75, 3.05) is 12.9 Å². The van der Waals surface area contributed by atoms with Gasteiger partial charge in [0.2, 0.25) is 0 Å². The fraction of sp³-hybridized carbons (Fsp3) is 0.188. The fourth-order valence-electron chi connectivity index (χ4n) is 1.82. The van der Waals surface area contributed by atoms with Crippen LogP contribution in [-0.4, -0.2) is 27.1 Å². The maximum atomic E-state index is 11.8. The number of ketones is 1. The molecule has 5 heteroatoms. The second-order valence-electron chi connectivity index (χ2n) is 4.73. The predicted molar refractivity (Wildman–Crippen MR) is 80.2 cm³/mol. The Morgan fingerprint density at radius 1 is 1.00 bits per heavy atom. The predicted octanol–water partition coefficient (Wildman–Crippen LogP) is 2.28. The van der Waals surface area contributed by atoms with E-state index >= 15 is 0 Å². The minimum atomic E-state index is -3.21. The number of Topliss-reactive ketones (excluding diaryl/α,β-unsaturated/α-hetero) is 1. The summed E-state index contributed by atoms with van der Waals surface area (Å²) in [6.45, 7) is -0.0346. The summed E-state index contributed by atoms with van der Waals surface area (Å²) < 4.78 is 28.0. The van der Waals surface area contributed by atoms with Crippen molar-refractivity contribution in [3.8, 4) is 5.75 Å². The molecule has 0 N–H and O–H groups in total. The molecule has 0 unspecified atom stereocenters. The van der Waals surface area contributed by atoms with Gasteiger partial charge in [-0.1, -0.05) is 30.3 Å². The van der Waals surface area contributed by atoms with E-state index in [1.807, 2.05) is 30.3 Å². The zero-order chi connectivity index (χ0) is 15.3. The highest BCUT2D eigenvalue weighted by atomic mass is 32.2. The van der Waals surface area contributed by atoms with E-state index in [1.54, 1.807) is 12.1 Å². The lowest BCUT2D eigenvalue weighted by atomic mass is 10.1. The fourth-order valence-corrected chi connectivity index (χ4v) is 2.45. The van der Waals surface area contributed by atoms with Gasteiger partial charge in [0.25, 0.3) is 0 Å². The van der Waals surface area contributed by atoms with Gasteiger partial charge >= 0.3 is 0 Å². The number of carbonyl (C=O) groups is 1. The summed E-state index contributed by atoms with van der Waals surface area (Å²) in [7, 11) is -3.21. The largest absolute Gasteiger partial charge is 0.486 e. The van der Waals surface area contributed by atoms with Gasteiger partial charge in [0.1, 0.15) is 12.4 Å². The van der Waals surface area contributed by atoms with Crippen molar-refractivity contribution in [3.63, 3.8) is 0 Å². The van der Waals surface area contributed by atoms with Gasteiger partial charge in [-0.25, -0.2) is 8.42 Å². The van der Waals surface area contributed by atoms with Crippen LogP contribution in [-0.2, 0) is 21.1 Å². The lowest BCUT2D eigenvalue weighted by molar-refractivity contribution is -0.120. The highest BCUT2D eigenvalue weighted by Gasteiger charge is 2.08. The third-order valence-electron chi connectivity index (χ3n) is 2.90. The van der Waals surface area contributed by atoms with Gasteiger partial charge in [0.05, 0.1) is 4.90 Å². The maximum Gasteiger partial charge on any atom is 0.175 e. The average Bonchev–Trinajstić information content (AvgIpc) is 2.46. The van der Waals surface area contributed by atoms with Crippen molar-refractivity contribution in [2.24, 2.45) is 0 Å². The van der Waals surface area contributed by atoms with E-state index in [0.717, 1.165) is 11.8 Å². The zero-order valence-corrected chi connectivity index (χ0v) is 12.5. The lowest BCUT2D eigenvalue weighted by Crippen LogP contribution is -2.13. The van der Waals surface area contributed by atoms with E-state index in [2.05, 4.69) is 0 Å². The number of hydrogen-bond donors (Lipinski definition) is 0. The Labute approximate surface area is 124 Å². The molecule has 0 aliphatic heterocycles. The molecule has 0 fully saturated rings. The molecule has 0 saturated heterocycles. The molecule has 4 nitrogen and oxygen atoms in total. The standard InChI is InChI=1S/C16H16O4S/c1-21(18,19)16-9-7-15(8-10-16)20-12-14(17)11-13-5-3-2-4-6-13/h2-10H,11-12H2,1H3. The molecule has 0 saturated carbocycles. The van der Waals surface area contributed by atoms with E-state index in [9.17, 15) is 13.2 Å². The molecule has 0 aliphatic carbocycles. The van der Waals surface area contributed by atoms with Crippen molar-refractivity contribution >= 4 is 15.6 Å². The quantitative estimate of drug-likeness (QED) is 0.821. The van der Waals surface area contributed by atoms with Crippen LogP contribution in [0.4, 0.5) is 0 Å². The van der Waals surface area contributed by atoms with Crippen LogP contribution in [0.25, 0.3) is 0 Å². The first-order valence-electron chi connectivity index (χ1n) is 6.44. The van der Waals surface area contributed by atoms with Crippen LogP contribution >= 0.6 is 0 Å². The van der Waals surface area contributed by atoms with Gasteiger partial charge in [-0.2, -0.15) is 0 Å². The van der Waals surface area contributed by atoms with Crippen molar-refractivity contribution in [1.29, 1.82) is 0 Å². The molecule has 0 spiro atoms. The Morgan fingerprint density at radius 2 is 1.62 bits per heavy atom. The first-order valence-corrected chi connectivity index (χ1v) is 8.33. The van der Waals surface area contributed by atoms with Gasteiger partial charge in [0.15, 0.2) is 15.6 Å². The average molecular weight is 304 g/mol. The van der Waals surface area contributed by atoms with Crippen LogP contribution < -0.4 is 4.74 Å². The molecule has 0 heterocycles. The summed E-state index contributed by atoms with van der Waals surface area (Å²) >= 11 is 0. The summed E-state index contributed by atoms with van der Waals surface area (Å²) in [5.41, 5.74) is 0.943. The van der Waals surface area contributed by atoms with Crippen LogP contribution in [0.3, 0.4) is 0 Å². The van der Waals surface area contributed by atoms with Crippen LogP contribution in [0.15, 0.2) is 59.5 Å². The first kappa shape index (κ1) is 15.3. The highest BCUT2D eigenvalue weighted by Crippen LogP contribution is 2.15. The Bertz CT molecular complexity index is 704. The van der Waals surface area contributed by atoms with Crippen molar-refractivity contribution in [3.05, 3.63) is 60.2 Å². The van der Waals surface area contributed by atoms with Gasteiger partial charge < -0.3 is 4.74 Å². The Morgan fingerprint density at radius 3 is 2.19 bits per heavy atom. The molecule has 0 aliphatic rings. The van der Waals surface area contributed by atoms with Crippen LogP contribution in [0, 0.1) is 0 Å². The van der Waals surface area contributed by atoms with Crippen molar-refractivity contribution < 1.29 is 17.9 Å². The number of sulfone groups is 1. The van der Waals surface area contributed by atoms with E-state index in [0.29, 0.717) is 12.2 Å². The molecule has 0 aromatic heterocycles. The second kappa shape index (κ2) is 6.54. The van der Waals surface area contributed by atoms with Crippen LogP contribution in [0.5, 0.6) is 5.75 Å². The summed E-state index contributed by atoms with van der Waals surface area (Å²) in [6.07, 6.45) is 1.47. The molecule has 110 valence electrons. The number of hydrogen-bond acceptors (Lipinski definition) is 4. The van der Waals surface area contributed by atoms with Gasteiger partial charge in [0, 0.05) is 12.7 Å². The second-order valence-corrected chi connectivity index (χ2v) is 6.75. The van der Waals surface area contributed by atoms with E-state index in [1.165, 1.54) is 12.1 Å². The SMILES string of the molecule is CS(=O)(=O)c1ccc(OCC(=O)Cc2ccccc2)cc1. The number of benzene rings is 2. The van der Waals surface area contributed by atoms with Crippen molar-refractivity contribution in [1.82, 2.24) is 0 Å². The molecular weight excluding hydrogens is 288 g/mol. The minimum Gasteiger partial charge on any atom is -0.486 e. The molecule has 0 bridgehead atoms. The summed E-state index contributed by atoms with van der Waals surface area (Å²) in [5.74, 6) is 0.442. The molecule has 21 heavy (non-hydrogen) atoms. The maximum absolute atomic E-state index is 11.8. The summed E-state index contributed by atoms with van der Waals surface area (Å²) in [6, 6.07) is 15.5. The molecule has 2 aromatic rings. The van der Waals surface area contributed by atoms with Crippen molar-refractivity contribution in [2.45, 2.75) is 11.3 Å². The third-order valence-corrected chi connectivity index (χ3v) is 4.02. The van der Waals surface area contributed by atoms with Gasteiger partial charge in [-0.15, -0.1) is 0 Å². The smallest absolute Gasteiger partial charge is 0.175 e. The summed E-state index contributed by atoms with van der Waals surface area (Å²) in [5, 5.41) is 0. The van der Waals surface area contributed by atoms with Crippen LogP contribution in [0.2, 0.25) is 0 Å². The topological polar surface area (TPSA) is 60.4 Å². The molecule has 2 aromatic carbocycles. The molecule has 0 amide bonds. The Balaban J connectivity index is 1.90. The first-order chi connectivity index (χ1) is 9.95. The lowest BCUT2D eigenvalue weighted by Gasteiger charge is -2.06. The molecule has 2 rings (SSSR count).